The molecule has 0 aliphatic heterocycles. The van der Waals surface area contributed by atoms with Crippen molar-refractivity contribution in [3.05, 3.63) is 82.9 Å². The number of benzene rings is 1. The predicted molar refractivity (Wildman–Crippen MR) is 104 cm³/mol. The summed E-state index contributed by atoms with van der Waals surface area (Å²) < 4.78 is 19.9. The van der Waals surface area contributed by atoms with Gasteiger partial charge in [0, 0.05) is 5.56 Å². The van der Waals surface area contributed by atoms with Crippen LogP contribution in [0.15, 0.2) is 60.2 Å². The minimum atomic E-state index is -0.513. The third kappa shape index (κ3) is 3.20. The molecule has 0 spiro atoms. The highest BCUT2D eigenvalue weighted by molar-refractivity contribution is 7.13. The van der Waals surface area contributed by atoms with Crippen LogP contribution in [0, 0.1) is 5.82 Å². The maximum absolute atomic E-state index is 13.2. The number of halogens is 1. The van der Waals surface area contributed by atoms with E-state index in [9.17, 15) is 14.0 Å². The van der Waals surface area contributed by atoms with Crippen LogP contribution in [-0.4, -0.2) is 27.7 Å². The lowest BCUT2D eigenvalue weighted by Crippen LogP contribution is -2.05. The van der Waals surface area contributed by atoms with Crippen LogP contribution in [0.5, 0.6) is 0 Å². The lowest BCUT2D eigenvalue weighted by Gasteiger charge is -2.05. The first kappa shape index (κ1) is 18.1. The zero-order valence-electron chi connectivity index (χ0n) is 14.9. The first-order valence-corrected chi connectivity index (χ1v) is 9.49. The molecule has 0 fully saturated rings. The molecule has 0 atom stereocenters. The van der Waals surface area contributed by atoms with Crippen LogP contribution < -0.4 is 0 Å². The van der Waals surface area contributed by atoms with Gasteiger partial charge in [0.05, 0.1) is 34.0 Å². The van der Waals surface area contributed by atoms with Crippen LogP contribution in [0.2, 0.25) is 0 Å². The van der Waals surface area contributed by atoms with Crippen molar-refractivity contribution in [1.82, 2.24) is 9.38 Å². The second-order valence-corrected chi connectivity index (χ2v) is 6.95. The van der Waals surface area contributed by atoms with Crippen molar-refractivity contribution in [3.8, 4) is 10.6 Å². The van der Waals surface area contributed by atoms with E-state index in [0.29, 0.717) is 16.8 Å². The average molecular weight is 394 g/mol. The number of rotatable bonds is 5. The van der Waals surface area contributed by atoms with Crippen LogP contribution in [0.1, 0.15) is 33.3 Å². The topological polar surface area (TPSA) is 60.7 Å². The average Bonchev–Trinajstić information content (AvgIpc) is 3.36. The summed E-state index contributed by atoms with van der Waals surface area (Å²) in [5.74, 6) is -1.27. The highest BCUT2D eigenvalue weighted by atomic mass is 32.1. The smallest absolute Gasteiger partial charge is 0.340 e. The molecule has 5 nitrogen and oxygen atoms in total. The molecular formula is C21H15FN2O3S. The predicted octanol–water partition coefficient (Wildman–Crippen LogP) is 4.61. The van der Waals surface area contributed by atoms with E-state index >= 15 is 0 Å². The normalized spacial score (nSPS) is 10.9. The Bertz CT molecular complexity index is 1160. The Morgan fingerprint density at radius 1 is 1.18 bits per heavy atom. The second-order valence-electron chi connectivity index (χ2n) is 6.01. The van der Waals surface area contributed by atoms with Crippen LogP contribution in [0.3, 0.4) is 0 Å². The van der Waals surface area contributed by atoms with Gasteiger partial charge in [-0.3, -0.25) is 9.20 Å². The molecule has 7 heteroatoms. The molecule has 0 radical (unpaired) electrons. The minimum Gasteiger partial charge on any atom is -0.462 e. The number of aromatic nitrogens is 2. The Labute approximate surface area is 164 Å². The van der Waals surface area contributed by atoms with E-state index in [1.807, 2.05) is 17.5 Å². The number of ether oxygens (including phenoxy) is 1. The van der Waals surface area contributed by atoms with Gasteiger partial charge in [0.2, 0.25) is 5.78 Å². The SMILES string of the molecule is CCOC(=O)c1cc(C(=O)c2ccc(F)cc2)n2cnc(-c3cccs3)cc12. The van der Waals surface area contributed by atoms with E-state index in [-0.39, 0.29) is 23.6 Å². The molecule has 0 aliphatic carbocycles. The highest BCUT2D eigenvalue weighted by Crippen LogP contribution is 2.27. The van der Waals surface area contributed by atoms with Gasteiger partial charge in [-0.2, -0.15) is 0 Å². The van der Waals surface area contributed by atoms with Crippen molar-refractivity contribution in [3.63, 3.8) is 0 Å². The molecule has 0 aliphatic rings. The molecule has 28 heavy (non-hydrogen) atoms. The summed E-state index contributed by atoms with van der Waals surface area (Å²) in [5, 5.41) is 1.94. The number of thiophene rings is 1. The fraction of sp³-hybridized carbons (Fsp3) is 0.0952. The zero-order valence-corrected chi connectivity index (χ0v) is 15.7. The van der Waals surface area contributed by atoms with Gasteiger partial charge in [-0.05, 0) is 54.8 Å². The van der Waals surface area contributed by atoms with Crippen molar-refractivity contribution in [2.45, 2.75) is 6.92 Å². The van der Waals surface area contributed by atoms with Crippen LogP contribution >= 0.6 is 11.3 Å². The molecule has 0 bridgehead atoms. The highest BCUT2D eigenvalue weighted by Gasteiger charge is 2.22. The van der Waals surface area contributed by atoms with Crippen molar-refractivity contribution < 1.29 is 18.7 Å². The number of nitrogens with zero attached hydrogens (tertiary/aromatic N) is 2. The standard InChI is InChI=1S/C21H15FN2O3S/c1-2-27-21(26)15-10-18(20(25)13-5-7-14(22)8-6-13)24-12-23-16(11-17(15)24)19-4-3-9-28-19/h3-12H,2H2,1H3. The summed E-state index contributed by atoms with van der Waals surface area (Å²) in [6.45, 7) is 1.94. The van der Waals surface area contributed by atoms with Crippen molar-refractivity contribution in [2.24, 2.45) is 0 Å². The molecule has 0 amide bonds. The van der Waals surface area contributed by atoms with Crippen molar-refractivity contribution >= 4 is 28.6 Å². The number of carbonyl (C=O) groups is 2. The number of fused-ring (bicyclic) bond motifs is 1. The Morgan fingerprint density at radius 3 is 2.64 bits per heavy atom. The molecule has 1 aromatic carbocycles. The van der Waals surface area contributed by atoms with Crippen molar-refractivity contribution in [1.29, 1.82) is 0 Å². The lowest BCUT2D eigenvalue weighted by atomic mass is 10.1. The first-order chi connectivity index (χ1) is 13.6. The van der Waals surface area contributed by atoms with Crippen LogP contribution in [0.4, 0.5) is 4.39 Å². The quantitative estimate of drug-likeness (QED) is 0.366. The number of hydrogen-bond acceptors (Lipinski definition) is 5. The van der Waals surface area contributed by atoms with Gasteiger partial charge in [-0.1, -0.05) is 6.07 Å². The molecule has 0 saturated heterocycles. The summed E-state index contributed by atoms with van der Waals surface area (Å²) in [7, 11) is 0. The fourth-order valence-corrected chi connectivity index (χ4v) is 3.65. The maximum Gasteiger partial charge on any atom is 0.340 e. The molecule has 140 valence electrons. The molecular weight excluding hydrogens is 379 g/mol. The van der Waals surface area contributed by atoms with E-state index in [1.54, 1.807) is 17.4 Å². The van der Waals surface area contributed by atoms with E-state index < -0.39 is 11.8 Å². The van der Waals surface area contributed by atoms with E-state index in [1.165, 1.54) is 48.0 Å². The summed E-state index contributed by atoms with van der Waals surface area (Å²) in [4.78, 5) is 30.8. The summed E-state index contributed by atoms with van der Waals surface area (Å²) in [5.41, 5.74) is 2.09. The third-order valence-electron chi connectivity index (χ3n) is 4.27. The molecule has 0 N–H and O–H groups in total. The van der Waals surface area contributed by atoms with Crippen LogP contribution in [-0.2, 0) is 4.74 Å². The first-order valence-electron chi connectivity index (χ1n) is 8.61. The number of hydrogen-bond donors (Lipinski definition) is 0. The molecule has 4 rings (SSSR count). The number of ketones is 1. The number of esters is 1. The van der Waals surface area contributed by atoms with Gasteiger partial charge in [-0.15, -0.1) is 11.3 Å². The fourth-order valence-electron chi connectivity index (χ4n) is 2.95. The number of carbonyl (C=O) groups excluding carboxylic acids is 2. The van der Waals surface area contributed by atoms with Crippen LogP contribution in [0.25, 0.3) is 16.1 Å². The Hall–Kier alpha value is -3.32. The Kier molecular flexibility index (Phi) is 4.75. The van der Waals surface area contributed by atoms with Crippen molar-refractivity contribution in [2.75, 3.05) is 6.61 Å². The third-order valence-corrected chi connectivity index (χ3v) is 5.16. The Balaban J connectivity index is 1.88. The minimum absolute atomic E-state index is 0.223. The van der Waals surface area contributed by atoms with E-state index in [0.717, 1.165) is 4.88 Å². The monoisotopic (exact) mass is 394 g/mol. The lowest BCUT2D eigenvalue weighted by molar-refractivity contribution is 0.0529. The zero-order chi connectivity index (χ0) is 19.7. The largest absolute Gasteiger partial charge is 0.462 e. The molecule has 4 aromatic rings. The van der Waals surface area contributed by atoms with Gasteiger partial charge in [-0.25, -0.2) is 14.2 Å². The summed E-state index contributed by atoms with van der Waals surface area (Å²) in [6.07, 6.45) is 1.52. The van der Waals surface area contributed by atoms with Gasteiger partial charge < -0.3 is 4.74 Å². The molecule has 0 saturated carbocycles. The van der Waals surface area contributed by atoms with Gasteiger partial charge >= 0.3 is 5.97 Å². The summed E-state index contributed by atoms with van der Waals surface area (Å²) >= 11 is 1.53. The maximum atomic E-state index is 13.2. The van der Waals surface area contributed by atoms with E-state index in [4.69, 9.17) is 4.74 Å². The van der Waals surface area contributed by atoms with Gasteiger partial charge in [0.15, 0.2) is 0 Å². The van der Waals surface area contributed by atoms with Gasteiger partial charge in [0.1, 0.15) is 12.1 Å². The Morgan fingerprint density at radius 2 is 1.96 bits per heavy atom. The van der Waals surface area contributed by atoms with E-state index in [2.05, 4.69) is 4.98 Å². The molecule has 3 aromatic heterocycles. The van der Waals surface area contributed by atoms with Gasteiger partial charge in [0.25, 0.3) is 0 Å². The second kappa shape index (κ2) is 7.36. The summed E-state index contributed by atoms with van der Waals surface area (Å²) in [6, 6.07) is 12.4. The molecule has 3 heterocycles. The molecule has 0 unspecified atom stereocenters.